The van der Waals surface area contributed by atoms with Crippen molar-refractivity contribution in [2.45, 2.75) is 12.8 Å². The number of phenols is 4. The molecular formula is C17H16O7. The number of fused-ring (bicyclic) bond motifs is 1. The minimum Gasteiger partial charge on any atom is -0.507 e. The third-order valence-electron chi connectivity index (χ3n) is 4.16. The van der Waals surface area contributed by atoms with Gasteiger partial charge in [-0.05, 0) is 13.0 Å². The van der Waals surface area contributed by atoms with Crippen molar-refractivity contribution >= 4 is 5.78 Å². The van der Waals surface area contributed by atoms with Gasteiger partial charge in [0.05, 0.1) is 13.0 Å². The Bertz CT molecular complexity index is 842. The number of benzene rings is 2. The normalized spacial score (nSPS) is 16.4. The number of ketones is 1. The van der Waals surface area contributed by atoms with Crippen LogP contribution in [0.4, 0.5) is 0 Å². The topological polar surface area (TPSA) is 116 Å². The van der Waals surface area contributed by atoms with Crippen LogP contribution in [0.15, 0.2) is 18.2 Å². The number of carbonyl (C=O) groups is 1. The van der Waals surface area contributed by atoms with Crippen molar-refractivity contribution < 1.29 is 34.7 Å². The number of phenolic OH excluding ortho intramolecular Hbond substituents is 4. The Morgan fingerprint density at radius 2 is 1.79 bits per heavy atom. The highest BCUT2D eigenvalue weighted by Gasteiger charge is 2.36. The lowest BCUT2D eigenvalue weighted by molar-refractivity contribution is 0.0889. The van der Waals surface area contributed by atoms with Crippen LogP contribution in [0.2, 0.25) is 0 Å². The largest absolute Gasteiger partial charge is 0.507 e. The quantitative estimate of drug-likeness (QED) is 0.666. The summed E-state index contributed by atoms with van der Waals surface area (Å²) in [7, 11) is 1.35. The zero-order valence-corrected chi connectivity index (χ0v) is 13.0. The van der Waals surface area contributed by atoms with E-state index in [2.05, 4.69) is 0 Å². The number of carbonyl (C=O) groups excluding carboxylic acids is 1. The molecule has 0 aromatic heterocycles. The van der Waals surface area contributed by atoms with Crippen LogP contribution in [0.25, 0.3) is 0 Å². The second-order valence-electron chi connectivity index (χ2n) is 5.55. The van der Waals surface area contributed by atoms with E-state index in [0.29, 0.717) is 0 Å². The van der Waals surface area contributed by atoms with E-state index in [9.17, 15) is 25.2 Å². The summed E-state index contributed by atoms with van der Waals surface area (Å²) in [4.78, 5) is 12.8. The summed E-state index contributed by atoms with van der Waals surface area (Å²) in [5.41, 5.74) is 0.331. The second-order valence-corrected chi connectivity index (χ2v) is 5.55. The first kappa shape index (κ1) is 15.8. The summed E-state index contributed by atoms with van der Waals surface area (Å²) >= 11 is 0. The summed E-state index contributed by atoms with van der Waals surface area (Å²) in [5, 5.41) is 39.7. The first-order valence-electron chi connectivity index (χ1n) is 7.17. The molecular weight excluding hydrogens is 316 g/mol. The Labute approximate surface area is 137 Å². The van der Waals surface area contributed by atoms with Gasteiger partial charge in [-0.1, -0.05) is 0 Å². The maximum Gasteiger partial charge on any atom is 0.181 e. The van der Waals surface area contributed by atoms with Crippen molar-refractivity contribution in [2.24, 2.45) is 0 Å². The van der Waals surface area contributed by atoms with E-state index in [1.807, 2.05) is 0 Å². The summed E-state index contributed by atoms with van der Waals surface area (Å²) in [5.74, 6) is -2.23. The molecule has 24 heavy (non-hydrogen) atoms. The SMILES string of the molecule is COc1cc(C2COc3cc(O)c(C)c(O)c3C2=O)c(O)cc1O. The predicted octanol–water partition coefficient (Wildman–Crippen LogP) is 2.18. The average Bonchev–Trinajstić information content (AvgIpc) is 2.54. The van der Waals surface area contributed by atoms with Crippen LogP contribution in [0.1, 0.15) is 27.4 Å². The highest BCUT2D eigenvalue weighted by molar-refractivity contribution is 6.07. The number of aromatic hydroxyl groups is 4. The third kappa shape index (κ3) is 2.25. The van der Waals surface area contributed by atoms with Gasteiger partial charge in [0.15, 0.2) is 17.3 Å². The van der Waals surface area contributed by atoms with Crippen molar-refractivity contribution in [1.29, 1.82) is 0 Å². The first-order valence-corrected chi connectivity index (χ1v) is 7.17. The van der Waals surface area contributed by atoms with E-state index in [4.69, 9.17) is 9.47 Å². The predicted molar refractivity (Wildman–Crippen MR) is 83.4 cm³/mol. The number of hydrogen-bond donors (Lipinski definition) is 4. The Morgan fingerprint density at radius 1 is 1.08 bits per heavy atom. The molecule has 0 radical (unpaired) electrons. The van der Waals surface area contributed by atoms with Gasteiger partial charge in [-0.3, -0.25) is 4.79 Å². The molecule has 7 nitrogen and oxygen atoms in total. The summed E-state index contributed by atoms with van der Waals surface area (Å²) in [6.07, 6.45) is 0. The molecule has 1 heterocycles. The Hall–Kier alpha value is -3.09. The minimum absolute atomic E-state index is 0.0482. The average molecular weight is 332 g/mol. The number of ether oxygens (including phenoxy) is 2. The molecule has 0 fully saturated rings. The first-order chi connectivity index (χ1) is 11.3. The molecule has 7 heteroatoms. The lowest BCUT2D eigenvalue weighted by Gasteiger charge is -2.26. The zero-order chi connectivity index (χ0) is 17.6. The highest BCUT2D eigenvalue weighted by atomic mass is 16.5. The highest BCUT2D eigenvalue weighted by Crippen LogP contribution is 2.45. The van der Waals surface area contributed by atoms with Gasteiger partial charge in [-0.25, -0.2) is 0 Å². The summed E-state index contributed by atoms with van der Waals surface area (Å²) in [6.45, 7) is 1.39. The van der Waals surface area contributed by atoms with Gasteiger partial charge >= 0.3 is 0 Å². The van der Waals surface area contributed by atoms with Crippen LogP contribution in [0.5, 0.6) is 34.5 Å². The molecule has 1 unspecified atom stereocenters. The van der Waals surface area contributed by atoms with Crippen LogP contribution in [-0.2, 0) is 0 Å². The van der Waals surface area contributed by atoms with Gasteiger partial charge in [-0.2, -0.15) is 0 Å². The molecule has 1 aliphatic rings. The maximum atomic E-state index is 12.8. The van der Waals surface area contributed by atoms with Gasteiger partial charge in [0.2, 0.25) is 0 Å². The molecule has 1 atom stereocenters. The molecule has 0 bridgehead atoms. The number of methoxy groups -OCH3 is 1. The molecule has 0 saturated heterocycles. The molecule has 0 saturated carbocycles. The number of rotatable bonds is 2. The molecule has 4 N–H and O–H groups in total. The fraction of sp³-hybridized carbons (Fsp3) is 0.235. The van der Waals surface area contributed by atoms with Crippen molar-refractivity contribution in [3.63, 3.8) is 0 Å². The molecule has 0 amide bonds. The van der Waals surface area contributed by atoms with Crippen molar-refractivity contribution in [1.82, 2.24) is 0 Å². The van der Waals surface area contributed by atoms with E-state index in [1.54, 1.807) is 0 Å². The van der Waals surface area contributed by atoms with E-state index < -0.39 is 11.7 Å². The van der Waals surface area contributed by atoms with Crippen molar-refractivity contribution in [2.75, 3.05) is 13.7 Å². The Morgan fingerprint density at radius 3 is 2.46 bits per heavy atom. The van der Waals surface area contributed by atoms with Gasteiger partial charge in [-0.15, -0.1) is 0 Å². The van der Waals surface area contributed by atoms with Crippen LogP contribution < -0.4 is 9.47 Å². The van der Waals surface area contributed by atoms with Gasteiger partial charge in [0.1, 0.15) is 35.2 Å². The van der Waals surface area contributed by atoms with E-state index >= 15 is 0 Å². The number of Topliss-reactive ketones (excluding diaryl/α,β-unsaturated/α-hetero) is 1. The second kappa shape index (κ2) is 5.52. The summed E-state index contributed by atoms with van der Waals surface area (Å²) in [6, 6.07) is 3.71. The summed E-state index contributed by atoms with van der Waals surface area (Å²) < 4.78 is 10.5. The zero-order valence-electron chi connectivity index (χ0n) is 13.0. The molecule has 0 spiro atoms. The Kier molecular flexibility index (Phi) is 3.63. The smallest absolute Gasteiger partial charge is 0.181 e. The molecule has 2 aromatic carbocycles. The van der Waals surface area contributed by atoms with Gasteiger partial charge in [0.25, 0.3) is 0 Å². The fourth-order valence-corrected chi connectivity index (χ4v) is 2.75. The van der Waals surface area contributed by atoms with E-state index in [-0.39, 0.29) is 57.8 Å². The van der Waals surface area contributed by atoms with E-state index in [0.717, 1.165) is 6.07 Å². The van der Waals surface area contributed by atoms with Crippen molar-refractivity contribution in [3.8, 4) is 34.5 Å². The van der Waals surface area contributed by atoms with E-state index in [1.165, 1.54) is 26.2 Å². The molecule has 126 valence electrons. The van der Waals surface area contributed by atoms with Crippen LogP contribution in [0.3, 0.4) is 0 Å². The van der Waals surface area contributed by atoms with Crippen LogP contribution in [-0.4, -0.2) is 39.9 Å². The van der Waals surface area contributed by atoms with Gasteiger partial charge < -0.3 is 29.9 Å². The van der Waals surface area contributed by atoms with Crippen molar-refractivity contribution in [3.05, 3.63) is 34.9 Å². The van der Waals surface area contributed by atoms with Gasteiger partial charge in [0, 0.05) is 23.3 Å². The third-order valence-corrected chi connectivity index (χ3v) is 4.16. The molecule has 0 aliphatic carbocycles. The molecule has 2 aromatic rings. The minimum atomic E-state index is -0.887. The lowest BCUT2D eigenvalue weighted by atomic mass is 9.87. The van der Waals surface area contributed by atoms with Crippen LogP contribution in [0, 0.1) is 6.92 Å². The standard InChI is InChI=1S/C17H16O7/c1-7-10(18)5-14-15(16(7)21)17(22)9(6-24-14)8-3-13(23-2)12(20)4-11(8)19/h3-5,9,18-21H,6H2,1-2H3. The lowest BCUT2D eigenvalue weighted by Crippen LogP contribution is -2.26. The molecule has 1 aliphatic heterocycles. The maximum absolute atomic E-state index is 12.8. The fourth-order valence-electron chi connectivity index (χ4n) is 2.75. The number of hydrogen-bond acceptors (Lipinski definition) is 7. The Balaban J connectivity index is 2.11. The van der Waals surface area contributed by atoms with Crippen LogP contribution >= 0.6 is 0 Å². The molecule has 3 rings (SSSR count). The monoisotopic (exact) mass is 332 g/mol.